The van der Waals surface area contributed by atoms with Crippen molar-refractivity contribution in [3.8, 4) is 11.3 Å². The summed E-state index contributed by atoms with van der Waals surface area (Å²) >= 11 is 9.67. The molecule has 1 aromatic heterocycles. The Morgan fingerprint density at radius 2 is 1.90 bits per heavy atom. The van der Waals surface area contributed by atoms with Crippen LogP contribution in [0.15, 0.2) is 21.6 Å². The highest BCUT2D eigenvalue weighted by atomic mass is 79.9. The molecule has 0 bridgehead atoms. The van der Waals surface area contributed by atoms with Crippen LogP contribution in [0.25, 0.3) is 11.3 Å². The molecule has 2 aromatic rings. The molecule has 20 heavy (non-hydrogen) atoms. The summed E-state index contributed by atoms with van der Waals surface area (Å²) in [5.41, 5.74) is 2.94. The fourth-order valence-corrected chi connectivity index (χ4v) is 4.13. The van der Waals surface area contributed by atoms with Crippen molar-refractivity contribution in [2.45, 2.75) is 18.9 Å². The summed E-state index contributed by atoms with van der Waals surface area (Å²) in [6, 6.07) is 3.69. The summed E-state index contributed by atoms with van der Waals surface area (Å²) in [7, 11) is -1.72. The van der Waals surface area contributed by atoms with E-state index in [0.29, 0.717) is 16.3 Å². The smallest absolute Gasteiger partial charge is 0.192 e. The maximum Gasteiger partial charge on any atom is 0.192 e. The first-order valence-corrected chi connectivity index (χ1v) is 8.89. The number of halogens is 2. The SMILES string of the molecule is Cc1cc(-c2nn(C)c(S(C)(=O)=O)c2C)c(Cl)cc1Br. The monoisotopic (exact) mass is 376 g/mol. The Kier molecular flexibility index (Phi) is 4.01. The number of rotatable bonds is 2. The van der Waals surface area contributed by atoms with E-state index in [1.54, 1.807) is 20.0 Å². The van der Waals surface area contributed by atoms with Crippen molar-refractivity contribution >= 4 is 37.4 Å². The highest BCUT2D eigenvalue weighted by molar-refractivity contribution is 9.10. The van der Waals surface area contributed by atoms with E-state index < -0.39 is 9.84 Å². The number of benzene rings is 1. The zero-order chi connectivity index (χ0) is 15.2. The molecule has 0 saturated heterocycles. The molecule has 0 aliphatic heterocycles. The summed E-state index contributed by atoms with van der Waals surface area (Å²) in [5.74, 6) is 0. The quantitative estimate of drug-likeness (QED) is 0.804. The van der Waals surface area contributed by atoms with Crippen LogP contribution in [-0.4, -0.2) is 24.5 Å². The van der Waals surface area contributed by atoms with Gasteiger partial charge in [0, 0.05) is 28.9 Å². The van der Waals surface area contributed by atoms with Gasteiger partial charge in [-0.2, -0.15) is 5.10 Å². The largest absolute Gasteiger partial charge is 0.256 e. The number of sulfone groups is 1. The minimum atomic E-state index is -3.33. The molecule has 0 aliphatic carbocycles. The molecule has 0 spiro atoms. The molecule has 0 unspecified atom stereocenters. The van der Waals surface area contributed by atoms with E-state index >= 15 is 0 Å². The van der Waals surface area contributed by atoms with Gasteiger partial charge in [-0.25, -0.2) is 8.42 Å². The Morgan fingerprint density at radius 3 is 2.40 bits per heavy atom. The lowest BCUT2D eigenvalue weighted by Crippen LogP contribution is -2.06. The van der Waals surface area contributed by atoms with Crippen molar-refractivity contribution < 1.29 is 8.42 Å². The normalized spacial score (nSPS) is 11.9. The first-order chi connectivity index (χ1) is 9.12. The van der Waals surface area contributed by atoms with Gasteiger partial charge in [0.05, 0.1) is 10.7 Å². The molecule has 4 nitrogen and oxygen atoms in total. The number of hydrogen-bond acceptors (Lipinski definition) is 3. The zero-order valence-electron chi connectivity index (χ0n) is 11.5. The Balaban J connectivity index is 2.76. The van der Waals surface area contributed by atoms with Crippen molar-refractivity contribution in [3.63, 3.8) is 0 Å². The van der Waals surface area contributed by atoms with Gasteiger partial charge >= 0.3 is 0 Å². The van der Waals surface area contributed by atoms with Crippen LogP contribution in [0, 0.1) is 13.8 Å². The average molecular weight is 378 g/mol. The van der Waals surface area contributed by atoms with Crippen molar-refractivity contribution in [1.82, 2.24) is 9.78 Å². The van der Waals surface area contributed by atoms with Crippen LogP contribution in [0.5, 0.6) is 0 Å². The summed E-state index contributed by atoms with van der Waals surface area (Å²) in [4.78, 5) is 0. The summed E-state index contributed by atoms with van der Waals surface area (Å²) in [5, 5.41) is 5.06. The molecule has 108 valence electrons. The molecule has 0 atom stereocenters. The van der Waals surface area contributed by atoms with Crippen molar-refractivity contribution in [2.24, 2.45) is 7.05 Å². The maximum atomic E-state index is 11.8. The Bertz CT molecular complexity index is 797. The van der Waals surface area contributed by atoms with E-state index in [4.69, 9.17) is 11.6 Å². The topological polar surface area (TPSA) is 52.0 Å². The lowest BCUT2D eigenvalue weighted by molar-refractivity contribution is 0.581. The zero-order valence-corrected chi connectivity index (χ0v) is 14.7. The van der Waals surface area contributed by atoms with Gasteiger partial charge in [-0.05, 0) is 31.5 Å². The van der Waals surface area contributed by atoms with Crippen LogP contribution in [0.3, 0.4) is 0 Å². The molecule has 1 heterocycles. The van der Waals surface area contributed by atoms with Gasteiger partial charge in [-0.3, -0.25) is 4.68 Å². The molecule has 0 fully saturated rings. The molecular weight excluding hydrogens is 364 g/mol. The molecule has 0 aliphatic rings. The van der Waals surface area contributed by atoms with Crippen molar-refractivity contribution in [2.75, 3.05) is 6.26 Å². The van der Waals surface area contributed by atoms with E-state index in [2.05, 4.69) is 21.0 Å². The van der Waals surface area contributed by atoms with Gasteiger partial charge in [0.25, 0.3) is 0 Å². The first kappa shape index (κ1) is 15.5. The van der Waals surface area contributed by atoms with Crippen LogP contribution in [0.2, 0.25) is 5.02 Å². The maximum absolute atomic E-state index is 11.8. The van der Waals surface area contributed by atoms with E-state index in [1.165, 1.54) is 10.9 Å². The Labute approximate surface area is 131 Å². The second-order valence-electron chi connectivity index (χ2n) is 4.76. The van der Waals surface area contributed by atoms with Gasteiger partial charge < -0.3 is 0 Å². The van der Waals surface area contributed by atoms with E-state index in [-0.39, 0.29) is 5.03 Å². The minimum Gasteiger partial charge on any atom is -0.256 e. The summed E-state index contributed by atoms with van der Waals surface area (Å²) in [6.45, 7) is 3.69. The highest BCUT2D eigenvalue weighted by Gasteiger charge is 2.23. The molecule has 0 saturated carbocycles. The third-order valence-electron chi connectivity index (χ3n) is 3.07. The second-order valence-corrected chi connectivity index (χ2v) is 7.95. The van der Waals surface area contributed by atoms with Gasteiger partial charge in [0.1, 0.15) is 0 Å². The third-order valence-corrected chi connectivity index (χ3v) is 5.51. The molecule has 1 aromatic carbocycles. The third kappa shape index (κ3) is 2.64. The standard InChI is InChI=1S/C13H14BrClN2O2S/c1-7-5-9(11(15)6-10(7)14)12-8(2)13(17(3)16-12)20(4,18)19/h5-6H,1-4H3. The van der Waals surface area contributed by atoms with Crippen LogP contribution in [-0.2, 0) is 16.9 Å². The number of aromatic nitrogens is 2. The summed E-state index contributed by atoms with van der Waals surface area (Å²) < 4.78 is 25.9. The van der Waals surface area contributed by atoms with Crippen LogP contribution in [0.4, 0.5) is 0 Å². The van der Waals surface area contributed by atoms with Crippen LogP contribution < -0.4 is 0 Å². The average Bonchev–Trinajstić information content (AvgIpc) is 2.58. The van der Waals surface area contributed by atoms with Gasteiger partial charge in [-0.15, -0.1) is 0 Å². The predicted octanol–water partition coefficient (Wildman–Crippen LogP) is 3.52. The second kappa shape index (κ2) is 5.16. The van der Waals surface area contributed by atoms with Crippen LogP contribution in [0.1, 0.15) is 11.1 Å². The van der Waals surface area contributed by atoms with Crippen LogP contribution >= 0.6 is 27.5 Å². The Hall–Kier alpha value is -0.850. The van der Waals surface area contributed by atoms with Crippen molar-refractivity contribution in [3.05, 3.63) is 32.8 Å². The number of nitrogens with zero attached hydrogens (tertiary/aromatic N) is 2. The highest BCUT2D eigenvalue weighted by Crippen LogP contribution is 2.35. The molecule has 2 rings (SSSR count). The fourth-order valence-electron chi connectivity index (χ4n) is 2.23. The van der Waals surface area contributed by atoms with Gasteiger partial charge in [0.2, 0.25) is 0 Å². The van der Waals surface area contributed by atoms with Crippen molar-refractivity contribution in [1.29, 1.82) is 0 Å². The lowest BCUT2D eigenvalue weighted by atomic mass is 10.1. The molecule has 7 heteroatoms. The molecule has 0 radical (unpaired) electrons. The predicted molar refractivity (Wildman–Crippen MR) is 83.9 cm³/mol. The molecular formula is C13H14BrClN2O2S. The number of hydrogen-bond donors (Lipinski definition) is 0. The van der Waals surface area contributed by atoms with Gasteiger partial charge in [-0.1, -0.05) is 27.5 Å². The van der Waals surface area contributed by atoms with Gasteiger partial charge in [0.15, 0.2) is 14.9 Å². The number of aryl methyl sites for hydroxylation is 2. The minimum absolute atomic E-state index is 0.212. The lowest BCUT2D eigenvalue weighted by Gasteiger charge is -2.06. The molecule has 0 N–H and O–H groups in total. The van der Waals surface area contributed by atoms with E-state index in [1.807, 2.05) is 13.0 Å². The summed E-state index contributed by atoms with van der Waals surface area (Å²) in [6.07, 6.45) is 1.18. The molecule has 0 amide bonds. The van der Waals surface area contributed by atoms with E-state index in [9.17, 15) is 8.42 Å². The fraction of sp³-hybridized carbons (Fsp3) is 0.308. The first-order valence-electron chi connectivity index (χ1n) is 5.82. The van der Waals surface area contributed by atoms with E-state index in [0.717, 1.165) is 15.6 Å². The Morgan fingerprint density at radius 1 is 1.30 bits per heavy atom.